The van der Waals surface area contributed by atoms with Crippen molar-refractivity contribution in [2.45, 2.75) is 19.9 Å². The third-order valence-corrected chi connectivity index (χ3v) is 4.86. The number of rotatable bonds is 7. The molecular weight excluding hydrogens is 479 g/mol. The average Bonchev–Trinajstić information content (AvgIpc) is 3.14. The molecule has 3 aromatic rings. The molecule has 0 aliphatic heterocycles. The monoisotopic (exact) mass is 508 g/mol. The van der Waals surface area contributed by atoms with Gasteiger partial charge in [-0.05, 0) is 36.6 Å². The molecule has 0 aliphatic rings. The maximum Gasteiger partial charge on any atom is 0.191 e. The maximum absolute atomic E-state index is 5.45. The first-order valence-corrected chi connectivity index (χ1v) is 9.37. The lowest BCUT2D eigenvalue weighted by Crippen LogP contribution is -2.37. The summed E-state index contributed by atoms with van der Waals surface area (Å²) >= 11 is 0. The molecule has 0 aliphatic carbocycles. The summed E-state index contributed by atoms with van der Waals surface area (Å²) in [5, 5.41) is 8.00. The van der Waals surface area contributed by atoms with E-state index in [1.807, 2.05) is 18.2 Å². The number of benzene rings is 2. The number of halogens is 1. The Morgan fingerprint density at radius 1 is 1.07 bits per heavy atom. The molecule has 7 heteroatoms. The molecule has 0 radical (unpaired) electrons. The molecule has 2 aromatic carbocycles. The molecule has 0 saturated heterocycles. The highest BCUT2D eigenvalue weighted by Gasteiger charge is 2.08. The summed E-state index contributed by atoms with van der Waals surface area (Å²) in [5.74, 6) is 2.32. The van der Waals surface area contributed by atoms with Crippen molar-refractivity contribution in [3.8, 4) is 11.5 Å². The first-order chi connectivity index (χ1) is 13.7. The van der Waals surface area contributed by atoms with Crippen LogP contribution in [0.5, 0.6) is 11.5 Å². The zero-order chi connectivity index (χ0) is 19.9. The van der Waals surface area contributed by atoms with Gasteiger partial charge in [0.05, 0.1) is 14.2 Å². The molecule has 6 nitrogen and oxygen atoms in total. The predicted molar refractivity (Wildman–Crippen MR) is 130 cm³/mol. The van der Waals surface area contributed by atoms with Crippen LogP contribution in [0.1, 0.15) is 16.7 Å². The SMILES string of the molecule is CN=C(NCCc1c[nH]c2c(C)cccc12)NCc1ccc(OC)cc1OC.I. The second-order valence-corrected chi connectivity index (χ2v) is 6.59. The quantitative estimate of drug-likeness (QED) is 0.256. The van der Waals surface area contributed by atoms with Gasteiger partial charge < -0.3 is 25.1 Å². The summed E-state index contributed by atoms with van der Waals surface area (Å²) in [6.07, 6.45) is 3.01. The van der Waals surface area contributed by atoms with Crippen LogP contribution in [0, 0.1) is 6.92 Å². The molecule has 1 heterocycles. The zero-order valence-corrected chi connectivity index (χ0v) is 19.7. The van der Waals surface area contributed by atoms with Crippen molar-refractivity contribution in [1.82, 2.24) is 15.6 Å². The number of H-pyrrole nitrogens is 1. The molecule has 3 rings (SSSR count). The van der Waals surface area contributed by atoms with E-state index in [9.17, 15) is 0 Å². The number of hydrogen-bond donors (Lipinski definition) is 3. The van der Waals surface area contributed by atoms with Gasteiger partial charge in [0.1, 0.15) is 11.5 Å². The van der Waals surface area contributed by atoms with E-state index in [0.29, 0.717) is 6.54 Å². The number of hydrogen-bond acceptors (Lipinski definition) is 3. The van der Waals surface area contributed by atoms with E-state index < -0.39 is 0 Å². The van der Waals surface area contributed by atoms with Gasteiger partial charge >= 0.3 is 0 Å². The number of methoxy groups -OCH3 is 2. The van der Waals surface area contributed by atoms with E-state index in [1.54, 1.807) is 21.3 Å². The Morgan fingerprint density at radius 2 is 1.90 bits per heavy atom. The molecule has 0 fully saturated rings. The van der Waals surface area contributed by atoms with Gasteiger partial charge in [0, 0.05) is 48.9 Å². The van der Waals surface area contributed by atoms with Gasteiger partial charge in [-0.25, -0.2) is 0 Å². The summed E-state index contributed by atoms with van der Waals surface area (Å²) in [6, 6.07) is 12.2. The number of nitrogens with zero attached hydrogens (tertiary/aromatic N) is 1. The highest BCUT2D eigenvalue weighted by atomic mass is 127. The van der Waals surface area contributed by atoms with Crippen molar-refractivity contribution in [3.05, 3.63) is 59.3 Å². The molecule has 0 amide bonds. The first-order valence-electron chi connectivity index (χ1n) is 9.37. The Morgan fingerprint density at radius 3 is 2.62 bits per heavy atom. The first kappa shape index (κ1) is 22.9. The number of aromatic nitrogens is 1. The fourth-order valence-electron chi connectivity index (χ4n) is 3.28. The van der Waals surface area contributed by atoms with Gasteiger partial charge in [-0.15, -0.1) is 24.0 Å². The lowest BCUT2D eigenvalue weighted by atomic mass is 10.1. The molecule has 0 bridgehead atoms. The van der Waals surface area contributed by atoms with Crippen LogP contribution in [0.3, 0.4) is 0 Å². The average molecular weight is 508 g/mol. The Bertz CT molecular complexity index is 969. The topological polar surface area (TPSA) is 70.7 Å². The van der Waals surface area contributed by atoms with Crippen molar-refractivity contribution in [2.75, 3.05) is 27.8 Å². The number of aliphatic imine (C=N–C) groups is 1. The van der Waals surface area contributed by atoms with Crippen LogP contribution in [-0.4, -0.2) is 38.8 Å². The van der Waals surface area contributed by atoms with Gasteiger partial charge in [0.15, 0.2) is 5.96 Å². The van der Waals surface area contributed by atoms with E-state index in [4.69, 9.17) is 9.47 Å². The fourth-order valence-corrected chi connectivity index (χ4v) is 3.28. The molecule has 1 aromatic heterocycles. The van der Waals surface area contributed by atoms with E-state index in [1.165, 1.54) is 22.0 Å². The van der Waals surface area contributed by atoms with E-state index in [2.05, 4.69) is 51.9 Å². The third-order valence-electron chi connectivity index (χ3n) is 4.86. The van der Waals surface area contributed by atoms with Gasteiger partial charge in [0.25, 0.3) is 0 Å². The fraction of sp³-hybridized carbons (Fsp3) is 0.318. The number of fused-ring (bicyclic) bond motifs is 1. The molecule has 0 unspecified atom stereocenters. The number of nitrogens with one attached hydrogen (secondary N) is 3. The van der Waals surface area contributed by atoms with Crippen LogP contribution in [0.15, 0.2) is 47.6 Å². The Labute approximate surface area is 189 Å². The van der Waals surface area contributed by atoms with Crippen LogP contribution in [0.2, 0.25) is 0 Å². The van der Waals surface area contributed by atoms with Crippen molar-refractivity contribution in [2.24, 2.45) is 4.99 Å². The van der Waals surface area contributed by atoms with Crippen LogP contribution >= 0.6 is 24.0 Å². The van der Waals surface area contributed by atoms with Gasteiger partial charge in [-0.3, -0.25) is 4.99 Å². The lowest BCUT2D eigenvalue weighted by Gasteiger charge is -2.14. The van der Waals surface area contributed by atoms with Crippen LogP contribution < -0.4 is 20.1 Å². The summed E-state index contributed by atoms with van der Waals surface area (Å²) < 4.78 is 10.7. The van der Waals surface area contributed by atoms with Crippen molar-refractivity contribution < 1.29 is 9.47 Å². The van der Waals surface area contributed by atoms with Gasteiger partial charge in [-0.2, -0.15) is 0 Å². The smallest absolute Gasteiger partial charge is 0.191 e. The summed E-state index contributed by atoms with van der Waals surface area (Å²) in [4.78, 5) is 7.69. The van der Waals surface area contributed by atoms with Gasteiger partial charge in [-0.1, -0.05) is 18.2 Å². The molecule has 3 N–H and O–H groups in total. The van der Waals surface area contributed by atoms with E-state index >= 15 is 0 Å². The van der Waals surface area contributed by atoms with Crippen LogP contribution in [0.4, 0.5) is 0 Å². The molecule has 156 valence electrons. The van der Waals surface area contributed by atoms with Crippen LogP contribution in [0.25, 0.3) is 10.9 Å². The summed E-state index contributed by atoms with van der Waals surface area (Å²) in [5.41, 5.74) is 4.83. The zero-order valence-electron chi connectivity index (χ0n) is 17.3. The minimum Gasteiger partial charge on any atom is -0.497 e. The number of guanidine groups is 1. The minimum absolute atomic E-state index is 0. The number of aryl methyl sites for hydroxylation is 1. The normalized spacial score (nSPS) is 11.1. The largest absolute Gasteiger partial charge is 0.497 e. The second kappa shape index (κ2) is 10.9. The summed E-state index contributed by atoms with van der Waals surface area (Å²) in [7, 11) is 5.08. The third kappa shape index (κ3) is 5.56. The highest BCUT2D eigenvalue weighted by Crippen LogP contribution is 2.24. The molecule has 0 atom stereocenters. The number of ether oxygens (including phenoxy) is 2. The molecule has 0 saturated carbocycles. The second-order valence-electron chi connectivity index (χ2n) is 6.59. The van der Waals surface area contributed by atoms with Crippen LogP contribution in [-0.2, 0) is 13.0 Å². The minimum atomic E-state index is 0. The van der Waals surface area contributed by atoms with Crippen molar-refractivity contribution in [1.29, 1.82) is 0 Å². The van der Waals surface area contributed by atoms with E-state index in [0.717, 1.165) is 36.0 Å². The Balaban J connectivity index is 0.00000300. The number of aromatic amines is 1. The Kier molecular flexibility index (Phi) is 8.63. The van der Waals surface area contributed by atoms with E-state index in [-0.39, 0.29) is 24.0 Å². The highest BCUT2D eigenvalue weighted by molar-refractivity contribution is 14.0. The van der Waals surface area contributed by atoms with Crippen molar-refractivity contribution >= 4 is 40.8 Å². The molecule has 29 heavy (non-hydrogen) atoms. The Hall–Kier alpha value is -2.42. The maximum atomic E-state index is 5.45. The molecule has 0 spiro atoms. The predicted octanol–water partition coefficient (Wildman–Crippen LogP) is 4.02. The lowest BCUT2D eigenvalue weighted by molar-refractivity contribution is 0.390. The molecular formula is C22H29IN4O2. The standard InChI is InChI=1S/C22H28N4O2.HI/c1-15-6-5-7-19-16(13-25-21(15)19)10-11-24-22(23-2)26-14-17-8-9-18(27-3)12-20(17)28-4;/h5-9,12-13,25H,10-11,14H2,1-4H3,(H2,23,24,26);1H. The summed E-state index contributed by atoms with van der Waals surface area (Å²) in [6.45, 7) is 3.53. The van der Waals surface area contributed by atoms with Crippen molar-refractivity contribution in [3.63, 3.8) is 0 Å². The number of para-hydroxylation sites is 1. The van der Waals surface area contributed by atoms with Gasteiger partial charge in [0.2, 0.25) is 0 Å².